The van der Waals surface area contributed by atoms with Crippen molar-refractivity contribution in [2.75, 3.05) is 5.75 Å². The summed E-state index contributed by atoms with van der Waals surface area (Å²) in [6.07, 6.45) is 0. The Morgan fingerprint density at radius 2 is 2.16 bits per heavy atom. The number of halogens is 1. The van der Waals surface area contributed by atoms with Gasteiger partial charge in [0, 0.05) is 4.88 Å². The van der Waals surface area contributed by atoms with Gasteiger partial charge in [-0.2, -0.15) is 5.26 Å². The van der Waals surface area contributed by atoms with Crippen molar-refractivity contribution in [2.45, 2.75) is 24.6 Å². The zero-order valence-electron chi connectivity index (χ0n) is 13.7. The highest BCUT2D eigenvalue weighted by Gasteiger charge is 2.43. The monoisotopic (exact) mass is 377 g/mol. The molecule has 2 heterocycles. The van der Waals surface area contributed by atoms with Gasteiger partial charge in [0.2, 0.25) is 0 Å². The lowest BCUT2D eigenvalue weighted by molar-refractivity contribution is 0.497. The van der Waals surface area contributed by atoms with Crippen molar-refractivity contribution in [3.05, 3.63) is 46.6 Å². The van der Waals surface area contributed by atoms with Crippen LogP contribution in [0.3, 0.4) is 0 Å². The van der Waals surface area contributed by atoms with E-state index in [-0.39, 0.29) is 16.5 Å². The second kappa shape index (κ2) is 5.93. The Morgan fingerprint density at radius 1 is 1.44 bits per heavy atom. The van der Waals surface area contributed by atoms with Gasteiger partial charge in [-0.25, -0.2) is 12.8 Å². The maximum absolute atomic E-state index is 14.6. The first-order chi connectivity index (χ1) is 11.7. The molecule has 3 rings (SSSR count). The summed E-state index contributed by atoms with van der Waals surface area (Å²) in [5, 5.41) is 8.14. The highest BCUT2D eigenvalue weighted by atomic mass is 32.2. The lowest BCUT2D eigenvalue weighted by Gasteiger charge is -2.31. The van der Waals surface area contributed by atoms with Gasteiger partial charge in [-0.3, -0.25) is 4.99 Å². The van der Waals surface area contributed by atoms with Crippen LogP contribution in [0.2, 0.25) is 0 Å². The molecule has 2 N–H and O–H groups in total. The van der Waals surface area contributed by atoms with Gasteiger partial charge in [-0.1, -0.05) is 12.1 Å². The van der Waals surface area contributed by atoms with Crippen molar-refractivity contribution in [3.8, 4) is 16.5 Å². The van der Waals surface area contributed by atoms with Crippen molar-refractivity contribution in [1.29, 1.82) is 5.26 Å². The van der Waals surface area contributed by atoms with E-state index in [9.17, 15) is 12.8 Å². The molecule has 2 aromatic rings. The van der Waals surface area contributed by atoms with Crippen molar-refractivity contribution in [2.24, 2.45) is 10.7 Å². The molecule has 0 fully saturated rings. The summed E-state index contributed by atoms with van der Waals surface area (Å²) in [5.41, 5.74) is 5.70. The maximum Gasteiger partial charge on any atom is 0.162 e. The van der Waals surface area contributed by atoms with Gasteiger partial charge in [0.05, 0.1) is 22.3 Å². The standard InChI is InChI=1S/C17H16FN3O2S2/c1-10-16(20)21-17(2,9-25(10,22)23)15-13(18)7-14(24-15)12-5-3-4-11(6-12)8-19/h3-7,10H,9H2,1-2H3,(H2,20,21). The minimum absolute atomic E-state index is 0.00502. The van der Waals surface area contributed by atoms with Crippen LogP contribution in [0.4, 0.5) is 4.39 Å². The summed E-state index contributed by atoms with van der Waals surface area (Å²) in [6.45, 7) is 3.06. The predicted molar refractivity (Wildman–Crippen MR) is 96.7 cm³/mol. The minimum atomic E-state index is -3.51. The Balaban J connectivity index is 2.11. The molecule has 25 heavy (non-hydrogen) atoms. The number of nitriles is 1. The predicted octanol–water partition coefficient (Wildman–Crippen LogP) is 2.82. The van der Waals surface area contributed by atoms with Crippen LogP contribution in [0.1, 0.15) is 24.3 Å². The fourth-order valence-corrected chi connectivity index (χ4v) is 5.72. The van der Waals surface area contributed by atoms with E-state index in [2.05, 4.69) is 4.99 Å². The van der Waals surface area contributed by atoms with Crippen LogP contribution < -0.4 is 5.73 Å². The molecule has 0 bridgehead atoms. The van der Waals surface area contributed by atoms with Gasteiger partial charge >= 0.3 is 0 Å². The molecular formula is C17H16FN3O2S2. The molecule has 1 aromatic carbocycles. The van der Waals surface area contributed by atoms with Crippen molar-refractivity contribution >= 4 is 27.0 Å². The topological polar surface area (TPSA) is 96.3 Å². The zero-order valence-corrected chi connectivity index (χ0v) is 15.3. The number of benzene rings is 1. The Morgan fingerprint density at radius 3 is 2.80 bits per heavy atom. The van der Waals surface area contributed by atoms with E-state index in [0.717, 1.165) is 11.3 Å². The Labute approximate surface area is 149 Å². The number of hydrogen-bond donors (Lipinski definition) is 1. The molecule has 0 radical (unpaired) electrons. The van der Waals surface area contributed by atoms with E-state index in [4.69, 9.17) is 11.0 Å². The molecule has 5 nitrogen and oxygen atoms in total. The average molecular weight is 377 g/mol. The average Bonchev–Trinajstić information content (AvgIpc) is 2.95. The van der Waals surface area contributed by atoms with E-state index in [1.807, 2.05) is 6.07 Å². The summed E-state index contributed by atoms with van der Waals surface area (Å²) in [7, 11) is -3.51. The van der Waals surface area contributed by atoms with E-state index in [0.29, 0.717) is 16.0 Å². The molecule has 1 aromatic heterocycles. The maximum atomic E-state index is 14.6. The zero-order chi connectivity index (χ0) is 18.4. The van der Waals surface area contributed by atoms with E-state index >= 15 is 0 Å². The van der Waals surface area contributed by atoms with Crippen LogP contribution in [0.25, 0.3) is 10.4 Å². The molecule has 8 heteroatoms. The summed E-state index contributed by atoms with van der Waals surface area (Å²) < 4.78 is 39.3. The van der Waals surface area contributed by atoms with Crippen LogP contribution >= 0.6 is 11.3 Å². The SMILES string of the molecule is CC1C(N)=NC(C)(c2sc(-c3cccc(C#N)c3)cc2F)CS1(=O)=O. The van der Waals surface area contributed by atoms with Gasteiger partial charge in [-0.15, -0.1) is 11.3 Å². The lowest BCUT2D eigenvalue weighted by Crippen LogP contribution is -2.47. The number of amidine groups is 1. The molecule has 2 unspecified atom stereocenters. The highest BCUT2D eigenvalue weighted by Crippen LogP contribution is 2.41. The molecule has 0 spiro atoms. The molecule has 0 saturated heterocycles. The molecule has 0 amide bonds. The van der Waals surface area contributed by atoms with Gasteiger partial charge in [0.15, 0.2) is 9.84 Å². The number of nitrogens with zero attached hydrogens (tertiary/aromatic N) is 2. The van der Waals surface area contributed by atoms with Crippen molar-refractivity contribution < 1.29 is 12.8 Å². The van der Waals surface area contributed by atoms with Crippen LogP contribution in [0.5, 0.6) is 0 Å². The van der Waals surface area contributed by atoms with Gasteiger partial charge in [0.1, 0.15) is 22.4 Å². The van der Waals surface area contributed by atoms with E-state index < -0.39 is 26.4 Å². The first-order valence-corrected chi connectivity index (χ1v) is 10.1. The summed E-state index contributed by atoms with van der Waals surface area (Å²) in [6, 6.07) is 10.2. The van der Waals surface area contributed by atoms with E-state index in [1.165, 1.54) is 13.0 Å². The normalized spacial score (nSPS) is 25.2. The first-order valence-electron chi connectivity index (χ1n) is 7.53. The molecule has 0 aliphatic carbocycles. The number of aliphatic imine (C=N–C) groups is 1. The molecule has 130 valence electrons. The van der Waals surface area contributed by atoms with Crippen molar-refractivity contribution in [3.63, 3.8) is 0 Å². The number of sulfone groups is 1. The molecule has 2 atom stereocenters. The third-order valence-electron chi connectivity index (χ3n) is 4.27. The molecular weight excluding hydrogens is 361 g/mol. The largest absolute Gasteiger partial charge is 0.386 e. The van der Waals surface area contributed by atoms with Crippen molar-refractivity contribution in [1.82, 2.24) is 0 Å². The number of nitrogens with two attached hydrogens (primary N) is 1. The highest BCUT2D eigenvalue weighted by molar-refractivity contribution is 7.92. The number of rotatable bonds is 2. The fourth-order valence-electron chi connectivity index (χ4n) is 2.85. The first kappa shape index (κ1) is 17.6. The van der Waals surface area contributed by atoms with Crippen LogP contribution in [-0.2, 0) is 15.4 Å². The quantitative estimate of drug-likeness (QED) is 0.870. The third kappa shape index (κ3) is 3.05. The molecule has 1 aliphatic heterocycles. The lowest BCUT2D eigenvalue weighted by atomic mass is 10.0. The fraction of sp³-hybridized carbons (Fsp3) is 0.294. The van der Waals surface area contributed by atoms with Gasteiger partial charge < -0.3 is 5.73 Å². The summed E-state index contributed by atoms with van der Waals surface area (Å²) in [5.74, 6) is -0.822. The Hall–Kier alpha value is -2.24. The number of thiophene rings is 1. The second-order valence-corrected chi connectivity index (χ2v) is 9.61. The molecule has 0 saturated carbocycles. The third-order valence-corrected chi connectivity index (χ3v) is 7.96. The smallest absolute Gasteiger partial charge is 0.162 e. The van der Waals surface area contributed by atoms with E-state index in [1.54, 1.807) is 31.2 Å². The van der Waals surface area contributed by atoms with Crippen LogP contribution in [0.15, 0.2) is 35.3 Å². The molecule has 1 aliphatic rings. The summed E-state index contributed by atoms with van der Waals surface area (Å²) >= 11 is 1.13. The summed E-state index contributed by atoms with van der Waals surface area (Å²) in [4.78, 5) is 5.13. The van der Waals surface area contributed by atoms with Gasteiger partial charge in [-0.05, 0) is 37.6 Å². The Bertz CT molecular complexity index is 1020. The minimum Gasteiger partial charge on any atom is -0.386 e. The number of hydrogen-bond acceptors (Lipinski definition) is 6. The second-order valence-electron chi connectivity index (χ2n) is 6.24. The van der Waals surface area contributed by atoms with Crippen LogP contribution in [0, 0.1) is 17.1 Å². The van der Waals surface area contributed by atoms with Crippen LogP contribution in [-0.4, -0.2) is 25.3 Å². The van der Waals surface area contributed by atoms with Gasteiger partial charge in [0.25, 0.3) is 0 Å². The Kier molecular flexibility index (Phi) is 4.17.